The molecule has 3 rings (SSSR count). The first kappa shape index (κ1) is 19.8. The van der Waals surface area contributed by atoms with Gasteiger partial charge in [0.05, 0.1) is 10.5 Å². The van der Waals surface area contributed by atoms with Crippen LogP contribution in [0.4, 0.5) is 0 Å². The monoisotopic (exact) mass is 394 g/mol. The molecule has 1 aromatic carbocycles. The molecule has 0 bridgehead atoms. The summed E-state index contributed by atoms with van der Waals surface area (Å²) in [6.45, 7) is 2.96. The molecule has 1 unspecified atom stereocenters. The van der Waals surface area contributed by atoms with Crippen molar-refractivity contribution in [1.29, 1.82) is 0 Å². The van der Waals surface area contributed by atoms with Gasteiger partial charge in [-0.2, -0.15) is 0 Å². The van der Waals surface area contributed by atoms with Crippen LogP contribution in [-0.2, 0) is 19.6 Å². The molecule has 0 radical (unpaired) electrons. The van der Waals surface area contributed by atoms with E-state index in [0.29, 0.717) is 13.1 Å². The van der Waals surface area contributed by atoms with E-state index in [4.69, 9.17) is 4.74 Å². The van der Waals surface area contributed by atoms with Crippen molar-refractivity contribution in [3.05, 3.63) is 29.8 Å². The zero-order valence-electron chi connectivity index (χ0n) is 15.5. The molecule has 0 spiro atoms. The molecular formula is C19H26N2O5S. The number of rotatable bonds is 6. The van der Waals surface area contributed by atoms with E-state index in [0.717, 1.165) is 38.5 Å². The van der Waals surface area contributed by atoms with Gasteiger partial charge in [-0.3, -0.25) is 4.79 Å². The predicted octanol–water partition coefficient (Wildman–Crippen LogP) is 2.08. The van der Waals surface area contributed by atoms with Gasteiger partial charge in [0.2, 0.25) is 10.0 Å². The van der Waals surface area contributed by atoms with Gasteiger partial charge in [0, 0.05) is 19.1 Å². The maximum atomic E-state index is 12.5. The zero-order valence-corrected chi connectivity index (χ0v) is 16.3. The Labute approximate surface area is 160 Å². The van der Waals surface area contributed by atoms with Gasteiger partial charge in [-0.25, -0.2) is 17.9 Å². The predicted molar refractivity (Wildman–Crippen MR) is 99.7 cm³/mol. The third-order valence-electron chi connectivity index (χ3n) is 4.85. The van der Waals surface area contributed by atoms with E-state index in [1.165, 1.54) is 24.3 Å². The van der Waals surface area contributed by atoms with Gasteiger partial charge in [-0.1, -0.05) is 12.8 Å². The van der Waals surface area contributed by atoms with Crippen LogP contribution in [0.15, 0.2) is 29.2 Å². The van der Waals surface area contributed by atoms with Crippen molar-refractivity contribution in [2.75, 3.05) is 13.1 Å². The fraction of sp³-hybridized carbons (Fsp3) is 0.579. The largest absolute Gasteiger partial charge is 0.449 e. The van der Waals surface area contributed by atoms with E-state index < -0.39 is 22.1 Å². The molecule has 1 saturated heterocycles. The number of hydrogen-bond donors (Lipinski definition) is 1. The molecule has 2 aliphatic rings. The lowest BCUT2D eigenvalue weighted by molar-refractivity contribution is -0.139. The molecule has 8 heteroatoms. The highest BCUT2D eigenvalue weighted by Crippen LogP contribution is 2.22. The number of carbonyl (C=O) groups is 2. The SMILES string of the molecule is CC(OC(=O)c1ccc(S(=O)(=O)NC2CC2)cc1)C(=O)N1CCCCCC1. The number of likely N-dealkylation sites (tertiary alicyclic amines) is 1. The minimum atomic E-state index is -3.56. The Morgan fingerprint density at radius 3 is 2.22 bits per heavy atom. The van der Waals surface area contributed by atoms with Crippen LogP contribution >= 0.6 is 0 Å². The van der Waals surface area contributed by atoms with Crippen LogP contribution in [0.2, 0.25) is 0 Å². The first-order valence-electron chi connectivity index (χ1n) is 9.49. The number of hydrogen-bond acceptors (Lipinski definition) is 5. The Morgan fingerprint density at radius 2 is 1.67 bits per heavy atom. The van der Waals surface area contributed by atoms with Gasteiger partial charge < -0.3 is 9.64 Å². The summed E-state index contributed by atoms with van der Waals surface area (Å²) in [6.07, 6.45) is 5.01. The molecule has 1 heterocycles. The van der Waals surface area contributed by atoms with Gasteiger partial charge in [0.1, 0.15) is 0 Å². The molecule has 1 aliphatic heterocycles. The van der Waals surface area contributed by atoms with E-state index in [1.807, 2.05) is 0 Å². The van der Waals surface area contributed by atoms with Crippen molar-refractivity contribution in [3.8, 4) is 0 Å². The highest BCUT2D eigenvalue weighted by Gasteiger charge is 2.28. The van der Waals surface area contributed by atoms with Crippen molar-refractivity contribution in [1.82, 2.24) is 9.62 Å². The van der Waals surface area contributed by atoms with Crippen LogP contribution in [-0.4, -0.2) is 50.4 Å². The minimum absolute atomic E-state index is 0.0190. The fourth-order valence-electron chi connectivity index (χ4n) is 3.09. The Morgan fingerprint density at radius 1 is 1.07 bits per heavy atom. The summed E-state index contributed by atoms with van der Waals surface area (Å²) in [4.78, 5) is 26.6. The molecule has 1 aliphatic carbocycles. The second kappa shape index (κ2) is 8.39. The van der Waals surface area contributed by atoms with Crippen LogP contribution in [0.3, 0.4) is 0 Å². The van der Waals surface area contributed by atoms with Gasteiger partial charge in [0.25, 0.3) is 5.91 Å². The maximum absolute atomic E-state index is 12.5. The molecule has 2 fully saturated rings. The number of ether oxygens (including phenoxy) is 1. The summed E-state index contributed by atoms with van der Waals surface area (Å²) < 4.78 is 32.2. The molecule has 1 aromatic rings. The number of esters is 1. The van der Waals surface area contributed by atoms with Gasteiger partial charge >= 0.3 is 5.97 Å². The number of nitrogens with zero attached hydrogens (tertiary/aromatic N) is 1. The standard InChI is InChI=1S/C19H26N2O5S/c1-14(18(22)21-12-4-2-3-5-13-21)26-19(23)15-6-10-17(11-7-15)27(24,25)20-16-8-9-16/h6-7,10-11,14,16,20H,2-5,8-9,12-13H2,1H3. The molecule has 1 amide bonds. The van der Waals surface area contributed by atoms with Crippen LogP contribution in [0, 0.1) is 0 Å². The normalized spacial score (nSPS) is 19.2. The van der Waals surface area contributed by atoms with Crippen molar-refractivity contribution in [3.63, 3.8) is 0 Å². The number of carbonyl (C=O) groups excluding carboxylic acids is 2. The average Bonchev–Trinajstić information content (AvgIpc) is 3.47. The summed E-state index contributed by atoms with van der Waals surface area (Å²) in [5.41, 5.74) is 0.218. The van der Waals surface area contributed by atoms with Crippen molar-refractivity contribution in [2.24, 2.45) is 0 Å². The molecule has 1 saturated carbocycles. The summed E-state index contributed by atoms with van der Waals surface area (Å²) in [5.74, 6) is -0.817. The van der Waals surface area contributed by atoms with Gasteiger partial charge in [0.15, 0.2) is 6.10 Å². The third-order valence-corrected chi connectivity index (χ3v) is 6.39. The zero-order chi connectivity index (χ0) is 19.4. The Bertz CT molecular complexity index is 779. The van der Waals surface area contributed by atoms with Crippen molar-refractivity contribution >= 4 is 21.9 Å². The second-order valence-corrected chi connectivity index (χ2v) is 8.92. The lowest BCUT2D eigenvalue weighted by atomic mass is 10.2. The van der Waals surface area contributed by atoms with E-state index in [9.17, 15) is 18.0 Å². The molecule has 27 heavy (non-hydrogen) atoms. The molecule has 7 nitrogen and oxygen atoms in total. The summed E-state index contributed by atoms with van der Waals surface area (Å²) in [6, 6.07) is 5.59. The van der Waals surface area contributed by atoms with E-state index in [1.54, 1.807) is 11.8 Å². The topological polar surface area (TPSA) is 92.8 Å². The van der Waals surface area contributed by atoms with Crippen molar-refractivity contribution < 1.29 is 22.7 Å². The molecule has 1 atom stereocenters. The van der Waals surface area contributed by atoms with Gasteiger partial charge in [-0.05, 0) is 56.9 Å². The van der Waals surface area contributed by atoms with Crippen molar-refractivity contribution in [2.45, 2.75) is 62.5 Å². The third kappa shape index (κ3) is 5.29. The summed E-state index contributed by atoms with van der Waals surface area (Å²) >= 11 is 0. The molecule has 148 valence electrons. The Balaban J connectivity index is 1.59. The Kier molecular flexibility index (Phi) is 6.16. The lowest BCUT2D eigenvalue weighted by Crippen LogP contribution is -2.40. The first-order chi connectivity index (χ1) is 12.9. The van der Waals surface area contributed by atoms with E-state index in [-0.39, 0.29) is 22.4 Å². The second-order valence-electron chi connectivity index (χ2n) is 7.21. The smallest absolute Gasteiger partial charge is 0.338 e. The summed E-state index contributed by atoms with van der Waals surface area (Å²) in [7, 11) is -3.56. The average molecular weight is 394 g/mol. The number of amides is 1. The van der Waals surface area contributed by atoms with Gasteiger partial charge in [-0.15, -0.1) is 0 Å². The van der Waals surface area contributed by atoms with Crippen LogP contribution < -0.4 is 4.72 Å². The highest BCUT2D eigenvalue weighted by molar-refractivity contribution is 7.89. The minimum Gasteiger partial charge on any atom is -0.449 e. The first-order valence-corrected chi connectivity index (χ1v) is 11.0. The van der Waals surface area contributed by atoms with Crippen LogP contribution in [0.25, 0.3) is 0 Å². The lowest BCUT2D eigenvalue weighted by Gasteiger charge is -2.24. The maximum Gasteiger partial charge on any atom is 0.338 e. The van der Waals surface area contributed by atoms with E-state index >= 15 is 0 Å². The number of benzene rings is 1. The number of sulfonamides is 1. The summed E-state index contributed by atoms with van der Waals surface area (Å²) in [5, 5.41) is 0. The fourth-order valence-corrected chi connectivity index (χ4v) is 4.39. The van der Waals surface area contributed by atoms with Crippen LogP contribution in [0.5, 0.6) is 0 Å². The number of nitrogens with one attached hydrogen (secondary N) is 1. The van der Waals surface area contributed by atoms with Crippen LogP contribution in [0.1, 0.15) is 55.8 Å². The highest BCUT2D eigenvalue weighted by atomic mass is 32.2. The Hall–Kier alpha value is -1.93. The molecular weight excluding hydrogens is 368 g/mol. The quantitative estimate of drug-likeness (QED) is 0.746. The molecule has 0 aromatic heterocycles. The van der Waals surface area contributed by atoms with E-state index in [2.05, 4.69) is 4.72 Å². The molecule has 1 N–H and O–H groups in total.